The molecule has 1 aromatic rings. The number of pyridine rings is 1. The molecule has 0 spiro atoms. The maximum absolute atomic E-state index is 5.84. The van der Waals surface area contributed by atoms with Crippen LogP contribution in [0.4, 0.5) is 5.69 Å². The van der Waals surface area contributed by atoms with Crippen LogP contribution in [-0.2, 0) is 6.54 Å². The van der Waals surface area contributed by atoms with Crippen LogP contribution in [0.1, 0.15) is 23.4 Å². The molecule has 0 bridgehead atoms. The van der Waals surface area contributed by atoms with Gasteiger partial charge in [0.2, 0.25) is 0 Å². The van der Waals surface area contributed by atoms with Crippen molar-refractivity contribution >= 4 is 5.69 Å². The molecule has 1 aromatic heterocycles. The van der Waals surface area contributed by atoms with Crippen LogP contribution in [0.5, 0.6) is 0 Å². The molecule has 102 valence electrons. The molecular formula is C14H26N4. The number of nitrogens with zero attached hydrogens (tertiary/aromatic N) is 3. The van der Waals surface area contributed by atoms with Gasteiger partial charge in [0.15, 0.2) is 0 Å². The fraction of sp³-hybridized carbons (Fsp3) is 0.643. The third-order valence-electron chi connectivity index (χ3n) is 3.15. The summed E-state index contributed by atoms with van der Waals surface area (Å²) in [7, 11) is 6.33. The molecule has 0 aliphatic rings. The van der Waals surface area contributed by atoms with Gasteiger partial charge in [-0.25, -0.2) is 0 Å². The topological polar surface area (TPSA) is 45.4 Å². The van der Waals surface area contributed by atoms with Gasteiger partial charge in [-0.1, -0.05) is 0 Å². The first-order valence-corrected chi connectivity index (χ1v) is 6.48. The smallest absolute Gasteiger partial charge is 0.0445 e. The Kier molecular flexibility index (Phi) is 5.56. The highest BCUT2D eigenvalue weighted by molar-refractivity contribution is 5.55. The van der Waals surface area contributed by atoms with E-state index >= 15 is 0 Å². The van der Waals surface area contributed by atoms with Crippen LogP contribution in [0.25, 0.3) is 0 Å². The van der Waals surface area contributed by atoms with E-state index in [1.54, 1.807) is 0 Å². The van der Waals surface area contributed by atoms with Crippen molar-refractivity contribution in [3.05, 3.63) is 23.0 Å². The minimum Gasteiger partial charge on any atom is -0.374 e. The van der Waals surface area contributed by atoms with E-state index in [4.69, 9.17) is 5.73 Å². The number of rotatable bonds is 6. The van der Waals surface area contributed by atoms with Gasteiger partial charge < -0.3 is 15.5 Å². The Morgan fingerprint density at radius 3 is 2.39 bits per heavy atom. The van der Waals surface area contributed by atoms with Crippen LogP contribution in [-0.4, -0.2) is 44.1 Å². The van der Waals surface area contributed by atoms with E-state index in [0.29, 0.717) is 6.54 Å². The van der Waals surface area contributed by atoms with E-state index < -0.39 is 0 Å². The van der Waals surface area contributed by atoms with Gasteiger partial charge in [-0.2, -0.15) is 0 Å². The van der Waals surface area contributed by atoms with Crippen molar-refractivity contribution in [1.29, 1.82) is 0 Å². The summed E-state index contributed by atoms with van der Waals surface area (Å²) in [6, 6.07) is 2.13. The minimum absolute atomic E-state index is 0.548. The van der Waals surface area contributed by atoms with Crippen LogP contribution < -0.4 is 10.6 Å². The summed E-state index contributed by atoms with van der Waals surface area (Å²) >= 11 is 0. The zero-order chi connectivity index (χ0) is 13.7. The van der Waals surface area contributed by atoms with E-state index in [1.807, 2.05) is 13.8 Å². The molecule has 0 saturated heterocycles. The maximum atomic E-state index is 5.84. The maximum Gasteiger partial charge on any atom is 0.0445 e. The molecule has 4 heteroatoms. The monoisotopic (exact) mass is 250 g/mol. The summed E-state index contributed by atoms with van der Waals surface area (Å²) in [4.78, 5) is 8.98. The van der Waals surface area contributed by atoms with Crippen LogP contribution >= 0.6 is 0 Å². The second-order valence-electron chi connectivity index (χ2n) is 5.13. The summed E-state index contributed by atoms with van der Waals surface area (Å²) in [5.41, 5.74) is 10.3. The Labute approximate surface area is 111 Å². The number of nitrogens with two attached hydrogens (primary N) is 1. The molecule has 0 unspecified atom stereocenters. The molecule has 0 fully saturated rings. The summed E-state index contributed by atoms with van der Waals surface area (Å²) < 4.78 is 0. The van der Waals surface area contributed by atoms with Crippen LogP contribution in [0, 0.1) is 13.8 Å². The molecule has 2 N–H and O–H groups in total. The van der Waals surface area contributed by atoms with Crippen molar-refractivity contribution in [3.63, 3.8) is 0 Å². The number of hydrogen-bond acceptors (Lipinski definition) is 4. The Balaban J connectivity index is 2.80. The highest BCUT2D eigenvalue weighted by atomic mass is 15.1. The third kappa shape index (κ3) is 3.96. The van der Waals surface area contributed by atoms with Gasteiger partial charge in [0.05, 0.1) is 0 Å². The summed E-state index contributed by atoms with van der Waals surface area (Å²) in [6.45, 7) is 6.75. The fourth-order valence-corrected chi connectivity index (χ4v) is 2.17. The molecular weight excluding hydrogens is 224 g/mol. The third-order valence-corrected chi connectivity index (χ3v) is 3.15. The second-order valence-corrected chi connectivity index (χ2v) is 5.13. The highest BCUT2D eigenvalue weighted by Crippen LogP contribution is 2.22. The molecule has 4 nitrogen and oxygen atoms in total. The van der Waals surface area contributed by atoms with E-state index in [0.717, 1.165) is 36.5 Å². The molecule has 0 amide bonds. The Bertz CT molecular complexity index is 388. The zero-order valence-electron chi connectivity index (χ0n) is 12.3. The summed E-state index contributed by atoms with van der Waals surface area (Å²) in [5.74, 6) is 0. The van der Waals surface area contributed by atoms with Crippen molar-refractivity contribution < 1.29 is 0 Å². The lowest BCUT2D eigenvalue weighted by Crippen LogP contribution is -2.25. The van der Waals surface area contributed by atoms with Gasteiger partial charge >= 0.3 is 0 Å². The quantitative estimate of drug-likeness (QED) is 0.832. The van der Waals surface area contributed by atoms with E-state index in [-0.39, 0.29) is 0 Å². The predicted molar refractivity (Wildman–Crippen MR) is 78.0 cm³/mol. The molecule has 1 rings (SSSR count). The van der Waals surface area contributed by atoms with Gasteiger partial charge in [0, 0.05) is 42.8 Å². The largest absolute Gasteiger partial charge is 0.374 e. The number of aryl methyl sites for hydroxylation is 2. The molecule has 0 saturated carbocycles. The lowest BCUT2D eigenvalue weighted by molar-refractivity contribution is 0.401. The Morgan fingerprint density at radius 1 is 1.17 bits per heavy atom. The standard InChI is InChI=1S/C14H26N4/c1-11-9-14(13(10-15)12(2)16-11)18(5)8-6-7-17(3)4/h9H,6-8,10,15H2,1-5H3. The summed E-state index contributed by atoms with van der Waals surface area (Å²) in [5, 5.41) is 0. The molecule has 0 aromatic carbocycles. The molecule has 0 aliphatic heterocycles. The number of hydrogen-bond donors (Lipinski definition) is 1. The van der Waals surface area contributed by atoms with Crippen molar-refractivity contribution in [2.45, 2.75) is 26.8 Å². The first kappa shape index (κ1) is 14.9. The van der Waals surface area contributed by atoms with E-state index in [1.165, 1.54) is 5.69 Å². The number of aromatic nitrogens is 1. The van der Waals surface area contributed by atoms with Crippen LogP contribution in [0.3, 0.4) is 0 Å². The van der Waals surface area contributed by atoms with E-state index in [2.05, 4.69) is 42.0 Å². The van der Waals surface area contributed by atoms with Crippen LogP contribution in [0.2, 0.25) is 0 Å². The van der Waals surface area contributed by atoms with Crippen molar-refractivity contribution in [2.75, 3.05) is 39.1 Å². The van der Waals surface area contributed by atoms with Gasteiger partial charge in [-0.15, -0.1) is 0 Å². The normalized spacial score (nSPS) is 11.1. The van der Waals surface area contributed by atoms with Crippen molar-refractivity contribution in [2.24, 2.45) is 5.73 Å². The lowest BCUT2D eigenvalue weighted by Gasteiger charge is -2.24. The molecule has 0 aliphatic carbocycles. The first-order chi connectivity index (χ1) is 8.45. The SMILES string of the molecule is Cc1cc(N(C)CCCN(C)C)c(CN)c(C)n1. The zero-order valence-corrected chi connectivity index (χ0v) is 12.3. The van der Waals surface area contributed by atoms with E-state index in [9.17, 15) is 0 Å². The Hall–Kier alpha value is -1.13. The molecule has 0 radical (unpaired) electrons. The Morgan fingerprint density at radius 2 is 1.83 bits per heavy atom. The fourth-order valence-electron chi connectivity index (χ4n) is 2.17. The predicted octanol–water partition coefficient (Wildman–Crippen LogP) is 1.55. The van der Waals surface area contributed by atoms with Crippen LogP contribution in [0.15, 0.2) is 6.07 Å². The molecule has 1 heterocycles. The van der Waals surface area contributed by atoms with Gasteiger partial charge in [0.25, 0.3) is 0 Å². The summed E-state index contributed by atoms with van der Waals surface area (Å²) in [6.07, 6.45) is 1.15. The minimum atomic E-state index is 0.548. The van der Waals surface area contributed by atoms with Gasteiger partial charge in [-0.3, -0.25) is 4.98 Å². The molecule has 18 heavy (non-hydrogen) atoms. The van der Waals surface area contributed by atoms with Gasteiger partial charge in [-0.05, 0) is 47.0 Å². The average molecular weight is 250 g/mol. The molecule has 0 atom stereocenters. The lowest BCUT2D eigenvalue weighted by atomic mass is 10.1. The second kappa shape index (κ2) is 6.71. The first-order valence-electron chi connectivity index (χ1n) is 6.48. The number of anilines is 1. The highest BCUT2D eigenvalue weighted by Gasteiger charge is 2.10. The van der Waals surface area contributed by atoms with Crippen molar-refractivity contribution in [1.82, 2.24) is 9.88 Å². The van der Waals surface area contributed by atoms with Gasteiger partial charge in [0.1, 0.15) is 0 Å². The van der Waals surface area contributed by atoms with Crippen molar-refractivity contribution in [3.8, 4) is 0 Å². The average Bonchev–Trinajstić information content (AvgIpc) is 2.27.